The molecule has 0 saturated carbocycles. The van der Waals surface area contributed by atoms with E-state index >= 15 is 0 Å². The van der Waals surface area contributed by atoms with Crippen LogP contribution in [-0.2, 0) is 11.2 Å². The predicted octanol–water partition coefficient (Wildman–Crippen LogP) is 4.67. The van der Waals surface area contributed by atoms with Crippen LogP contribution in [0.1, 0.15) is 5.69 Å². The molecule has 1 aliphatic heterocycles. The minimum Gasteiger partial charge on any atom is -0.325 e. The maximum atomic E-state index is 13.1. The van der Waals surface area contributed by atoms with Crippen molar-refractivity contribution in [1.29, 1.82) is 0 Å². The third-order valence-electron chi connectivity index (χ3n) is 5.14. The Morgan fingerprint density at radius 1 is 1.03 bits per heavy atom. The first-order valence-electron chi connectivity index (χ1n) is 10.5. The Morgan fingerprint density at radius 2 is 1.82 bits per heavy atom. The van der Waals surface area contributed by atoms with Gasteiger partial charge in [-0.1, -0.05) is 48.2 Å². The lowest BCUT2D eigenvalue weighted by molar-refractivity contribution is -0.113. The Balaban J connectivity index is 1.32. The van der Waals surface area contributed by atoms with Crippen molar-refractivity contribution < 1.29 is 4.79 Å². The number of carbonyl (C=O) groups excluding carboxylic acids is 1. The maximum Gasteiger partial charge on any atom is 0.272 e. The zero-order valence-corrected chi connectivity index (χ0v) is 19.2. The Kier molecular flexibility index (Phi) is 6.28. The number of fused-ring (bicyclic) bond motifs is 1. The molecule has 0 unspecified atom stereocenters. The lowest BCUT2D eigenvalue weighted by Crippen LogP contribution is -2.24. The normalized spacial score (nSPS) is 12.4. The lowest BCUT2D eigenvalue weighted by atomic mass is 10.1. The van der Waals surface area contributed by atoms with Crippen molar-refractivity contribution >= 4 is 35.1 Å². The molecule has 2 aromatic carbocycles. The van der Waals surface area contributed by atoms with Gasteiger partial charge in [-0.3, -0.25) is 19.1 Å². The van der Waals surface area contributed by atoms with Crippen molar-refractivity contribution in [2.24, 2.45) is 0 Å². The van der Waals surface area contributed by atoms with E-state index < -0.39 is 0 Å². The number of nitrogens with one attached hydrogen (secondary N) is 1. The van der Waals surface area contributed by atoms with Gasteiger partial charge >= 0.3 is 0 Å². The number of nitrogens with zero attached hydrogens (tertiary/aromatic N) is 3. The molecular weight excluding hydrogens is 452 g/mol. The molecule has 1 aliphatic rings. The van der Waals surface area contributed by atoms with Crippen LogP contribution in [0.3, 0.4) is 0 Å². The summed E-state index contributed by atoms with van der Waals surface area (Å²) >= 11 is 2.82. The molecule has 4 aromatic rings. The SMILES string of the molecule is O=C(CSc1nc2c(c(=O)n1-c1ccccc1)SCC2)Nc1ccc(-c2ccccn2)cc1. The zero-order chi connectivity index (χ0) is 22.6. The Labute approximate surface area is 199 Å². The van der Waals surface area contributed by atoms with Crippen molar-refractivity contribution in [3.63, 3.8) is 0 Å². The second-order valence-corrected chi connectivity index (χ2v) is 9.42. The number of para-hydroxylation sites is 1. The number of rotatable bonds is 6. The molecule has 5 rings (SSSR count). The molecule has 0 atom stereocenters. The van der Waals surface area contributed by atoms with E-state index in [1.54, 1.807) is 22.5 Å². The van der Waals surface area contributed by atoms with Crippen molar-refractivity contribution in [3.8, 4) is 16.9 Å². The molecule has 0 fully saturated rings. The van der Waals surface area contributed by atoms with Crippen molar-refractivity contribution in [2.75, 3.05) is 16.8 Å². The van der Waals surface area contributed by atoms with Gasteiger partial charge in [0, 0.05) is 29.6 Å². The number of thioether (sulfide) groups is 2. The summed E-state index contributed by atoms with van der Waals surface area (Å²) in [7, 11) is 0. The molecule has 1 N–H and O–H groups in total. The number of aryl methyl sites for hydroxylation is 1. The number of benzene rings is 2. The van der Waals surface area contributed by atoms with E-state index in [2.05, 4.69) is 10.3 Å². The predicted molar refractivity (Wildman–Crippen MR) is 133 cm³/mol. The van der Waals surface area contributed by atoms with E-state index in [0.717, 1.165) is 34.8 Å². The molecule has 3 heterocycles. The summed E-state index contributed by atoms with van der Waals surface area (Å²) in [5, 5.41) is 3.45. The summed E-state index contributed by atoms with van der Waals surface area (Å²) in [5.74, 6) is 0.845. The highest BCUT2D eigenvalue weighted by Crippen LogP contribution is 2.30. The number of carbonyl (C=O) groups is 1. The summed E-state index contributed by atoms with van der Waals surface area (Å²) in [4.78, 5) is 35.6. The molecule has 0 spiro atoms. The molecule has 33 heavy (non-hydrogen) atoms. The van der Waals surface area contributed by atoms with Crippen LogP contribution in [0.25, 0.3) is 16.9 Å². The van der Waals surface area contributed by atoms with Crippen molar-refractivity contribution in [3.05, 3.63) is 95.0 Å². The monoisotopic (exact) mass is 472 g/mol. The number of pyridine rings is 1. The van der Waals surface area contributed by atoms with Gasteiger partial charge in [0.05, 0.1) is 27.7 Å². The number of amides is 1. The second-order valence-electron chi connectivity index (χ2n) is 7.37. The van der Waals surface area contributed by atoms with Gasteiger partial charge < -0.3 is 5.32 Å². The van der Waals surface area contributed by atoms with Gasteiger partial charge in [-0.15, -0.1) is 11.8 Å². The van der Waals surface area contributed by atoms with Crippen LogP contribution in [-0.4, -0.2) is 31.9 Å². The van der Waals surface area contributed by atoms with E-state index in [4.69, 9.17) is 4.98 Å². The first kappa shape index (κ1) is 21.5. The van der Waals surface area contributed by atoms with Crippen molar-refractivity contribution in [1.82, 2.24) is 14.5 Å². The van der Waals surface area contributed by atoms with Crippen LogP contribution >= 0.6 is 23.5 Å². The largest absolute Gasteiger partial charge is 0.325 e. The van der Waals surface area contributed by atoms with E-state index in [1.165, 1.54) is 11.8 Å². The van der Waals surface area contributed by atoms with E-state index in [-0.39, 0.29) is 17.2 Å². The quantitative estimate of drug-likeness (QED) is 0.325. The zero-order valence-electron chi connectivity index (χ0n) is 17.6. The summed E-state index contributed by atoms with van der Waals surface area (Å²) in [6.45, 7) is 0. The van der Waals surface area contributed by atoms with Crippen LogP contribution in [0.5, 0.6) is 0 Å². The molecular formula is C25H20N4O2S2. The third kappa shape index (κ3) is 4.72. The minimum absolute atomic E-state index is 0.0679. The summed E-state index contributed by atoms with van der Waals surface area (Å²) < 4.78 is 1.61. The lowest BCUT2D eigenvalue weighted by Gasteiger charge is -2.13. The average Bonchev–Trinajstić information content (AvgIpc) is 3.33. The fourth-order valence-electron chi connectivity index (χ4n) is 3.58. The van der Waals surface area contributed by atoms with Gasteiger partial charge in [0.25, 0.3) is 5.56 Å². The summed E-state index contributed by atoms with van der Waals surface area (Å²) in [6, 6.07) is 22.8. The Morgan fingerprint density at radius 3 is 2.58 bits per heavy atom. The summed E-state index contributed by atoms with van der Waals surface area (Å²) in [6.07, 6.45) is 2.52. The number of aromatic nitrogens is 3. The van der Waals surface area contributed by atoms with Gasteiger partial charge in [-0.05, 0) is 36.4 Å². The molecule has 0 radical (unpaired) electrons. The van der Waals surface area contributed by atoms with Gasteiger partial charge in [-0.2, -0.15) is 0 Å². The number of hydrogen-bond acceptors (Lipinski definition) is 6. The number of hydrogen-bond donors (Lipinski definition) is 1. The second kappa shape index (κ2) is 9.64. The number of anilines is 1. The van der Waals surface area contributed by atoms with Gasteiger partial charge in [0.1, 0.15) is 0 Å². The molecule has 8 heteroatoms. The van der Waals surface area contributed by atoms with Crippen molar-refractivity contribution in [2.45, 2.75) is 16.5 Å². The first-order valence-corrected chi connectivity index (χ1v) is 12.4. The average molecular weight is 473 g/mol. The standard InChI is InChI=1S/C25H20N4O2S2/c30-22(27-18-11-9-17(10-12-18)20-8-4-5-14-26-20)16-33-25-28-21-13-15-32-23(21)24(31)29(25)19-6-2-1-3-7-19/h1-12,14H,13,15-16H2,(H,27,30). The molecule has 2 aromatic heterocycles. The highest BCUT2D eigenvalue weighted by Gasteiger charge is 2.23. The molecule has 0 saturated heterocycles. The molecule has 0 aliphatic carbocycles. The Bertz CT molecular complexity index is 1340. The van der Waals surface area contributed by atoms with Crippen LogP contribution in [0.4, 0.5) is 5.69 Å². The van der Waals surface area contributed by atoms with Crippen LogP contribution in [0.2, 0.25) is 0 Å². The van der Waals surface area contributed by atoms with E-state index in [1.807, 2.05) is 72.8 Å². The molecule has 164 valence electrons. The Hall–Kier alpha value is -3.36. The van der Waals surface area contributed by atoms with Crippen LogP contribution in [0, 0.1) is 0 Å². The molecule has 0 bridgehead atoms. The minimum atomic E-state index is -0.158. The fourth-order valence-corrected chi connectivity index (χ4v) is 5.43. The molecule has 1 amide bonds. The summed E-state index contributed by atoms with van der Waals surface area (Å²) in [5.41, 5.74) is 4.07. The molecule has 6 nitrogen and oxygen atoms in total. The highest BCUT2D eigenvalue weighted by molar-refractivity contribution is 8.00. The highest BCUT2D eigenvalue weighted by atomic mass is 32.2. The smallest absolute Gasteiger partial charge is 0.272 e. The van der Waals surface area contributed by atoms with Gasteiger partial charge in [0.2, 0.25) is 5.91 Å². The first-order chi connectivity index (χ1) is 16.2. The fraction of sp³-hybridized carbons (Fsp3) is 0.120. The van der Waals surface area contributed by atoms with Gasteiger partial charge in [0.15, 0.2) is 5.16 Å². The topological polar surface area (TPSA) is 76.9 Å². The van der Waals surface area contributed by atoms with Crippen LogP contribution in [0.15, 0.2) is 93.8 Å². The maximum absolute atomic E-state index is 13.1. The van der Waals surface area contributed by atoms with Crippen LogP contribution < -0.4 is 10.9 Å². The van der Waals surface area contributed by atoms with E-state index in [9.17, 15) is 9.59 Å². The van der Waals surface area contributed by atoms with Gasteiger partial charge in [-0.25, -0.2) is 4.98 Å². The van der Waals surface area contributed by atoms with E-state index in [0.29, 0.717) is 15.7 Å². The third-order valence-corrected chi connectivity index (χ3v) is 7.19.